The summed E-state index contributed by atoms with van der Waals surface area (Å²) in [5, 5.41) is 0. The molecule has 2 aliphatic carbocycles. The minimum atomic E-state index is 0.510. The summed E-state index contributed by atoms with van der Waals surface area (Å²) in [4.78, 5) is 0. The van der Waals surface area contributed by atoms with Crippen molar-refractivity contribution in [3.63, 3.8) is 0 Å². The molecule has 0 atom stereocenters. The van der Waals surface area contributed by atoms with Crippen LogP contribution in [0.25, 0.3) is 0 Å². The van der Waals surface area contributed by atoms with Gasteiger partial charge < -0.3 is 4.74 Å². The summed E-state index contributed by atoms with van der Waals surface area (Å²) in [6.07, 6.45) is 22.5. The minimum Gasteiger partial charge on any atom is -0.374 e. The Hall–Kier alpha value is -0.560. The van der Waals surface area contributed by atoms with Crippen LogP contribution in [0.5, 0.6) is 0 Å². The van der Waals surface area contributed by atoms with Gasteiger partial charge in [-0.05, 0) is 69.6 Å². The van der Waals surface area contributed by atoms with Crippen LogP contribution in [0.1, 0.15) is 77.6 Å². The highest BCUT2D eigenvalue weighted by Gasteiger charge is 2.24. The van der Waals surface area contributed by atoms with Crippen LogP contribution in [-0.2, 0) is 4.74 Å². The van der Waals surface area contributed by atoms with Gasteiger partial charge in [0.25, 0.3) is 0 Å². The number of hydrogen-bond acceptors (Lipinski definition) is 1. The van der Waals surface area contributed by atoms with Gasteiger partial charge >= 0.3 is 0 Å². The molecule has 2 rings (SSSR count). The van der Waals surface area contributed by atoms with Crippen LogP contribution >= 0.6 is 0 Å². The standard InChI is InChI=1S/C21H36O/c1-3-5-6-18-7-9-19(10-8-18)11-12-20-13-15-21(16-14-20)22-17-4-2/h3-5,18-21H,2,6-17H2,1H3/b5-3+. The fourth-order valence-corrected chi connectivity index (χ4v) is 4.35. The fourth-order valence-electron chi connectivity index (χ4n) is 4.35. The summed E-state index contributed by atoms with van der Waals surface area (Å²) in [5.74, 6) is 2.98. The molecule has 1 heteroatoms. The van der Waals surface area contributed by atoms with E-state index in [1.54, 1.807) is 0 Å². The van der Waals surface area contributed by atoms with Crippen molar-refractivity contribution >= 4 is 0 Å². The highest BCUT2D eigenvalue weighted by atomic mass is 16.5. The van der Waals surface area contributed by atoms with Gasteiger partial charge in [-0.2, -0.15) is 0 Å². The lowest BCUT2D eigenvalue weighted by Crippen LogP contribution is -2.22. The Balaban J connectivity index is 1.55. The topological polar surface area (TPSA) is 9.23 Å². The zero-order chi connectivity index (χ0) is 15.6. The average Bonchev–Trinajstić information content (AvgIpc) is 2.58. The largest absolute Gasteiger partial charge is 0.374 e. The fraction of sp³-hybridized carbons (Fsp3) is 0.810. The van der Waals surface area contributed by atoms with E-state index in [9.17, 15) is 0 Å². The lowest BCUT2D eigenvalue weighted by Gasteiger charge is -2.31. The highest BCUT2D eigenvalue weighted by molar-refractivity contribution is 4.83. The number of rotatable bonds is 8. The van der Waals surface area contributed by atoms with Gasteiger partial charge in [-0.15, -0.1) is 6.58 Å². The second kappa shape index (κ2) is 10.3. The van der Waals surface area contributed by atoms with Gasteiger partial charge in [0, 0.05) is 0 Å². The van der Waals surface area contributed by atoms with Crippen molar-refractivity contribution in [3.8, 4) is 0 Å². The Bertz CT molecular complexity index is 317. The molecular formula is C21H36O. The Morgan fingerprint density at radius 2 is 1.41 bits per heavy atom. The highest BCUT2D eigenvalue weighted by Crippen LogP contribution is 2.36. The van der Waals surface area contributed by atoms with E-state index in [-0.39, 0.29) is 0 Å². The van der Waals surface area contributed by atoms with E-state index in [2.05, 4.69) is 25.7 Å². The van der Waals surface area contributed by atoms with Crippen molar-refractivity contribution in [2.24, 2.45) is 17.8 Å². The SMILES string of the molecule is C=CCOC1CCC(CCC2CCC(C/C=C/C)CC2)CC1. The third-order valence-electron chi connectivity index (χ3n) is 5.90. The van der Waals surface area contributed by atoms with Gasteiger partial charge in [0.15, 0.2) is 0 Å². The van der Waals surface area contributed by atoms with Gasteiger partial charge in [-0.25, -0.2) is 0 Å². The molecule has 2 aliphatic rings. The molecule has 0 aromatic rings. The van der Waals surface area contributed by atoms with Crippen LogP contribution < -0.4 is 0 Å². The molecule has 2 saturated carbocycles. The molecule has 0 bridgehead atoms. The molecule has 0 N–H and O–H groups in total. The molecule has 0 unspecified atom stereocenters. The van der Waals surface area contributed by atoms with Gasteiger partial charge in [-0.3, -0.25) is 0 Å². The smallest absolute Gasteiger partial charge is 0.0648 e. The van der Waals surface area contributed by atoms with Crippen molar-refractivity contribution in [3.05, 3.63) is 24.8 Å². The lowest BCUT2D eigenvalue weighted by molar-refractivity contribution is 0.0326. The van der Waals surface area contributed by atoms with E-state index in [1.807, 2.05) is 6.08 Å². The van der Waals surface area contributed by atoms with Crippen LogP contribution in [0.2, 0.25) is 0 Å². The molecule has 2 fully saturated rings. The maximum atomic E-state index is 5.80. The summed E-state index contributed by atoms with van der Waals surface area (Å²) in [5.41, 5.74) is 0. The van der Waals surface area contributed by atoms with Gasteiger partial charge in [0.2, 0.25) is 0 Å². The molecule has 0 spiro atoms. The first-order valence-corrected chi connectivity index (χ1v) is 9.65. The quantitative estimate of drug-likeness (QED) is 0.478. The molecule has 0 aliphatic heterocycles. The van der Waals surface area contributed by atoms with E-state index < -0.39 is 0 Å². The Labute approximate surface area is 138 Å². The first-order valence-electron chi connectivity index (χ1n) is 9.65. The van der Waals surface area contributed by atoms with E-state index in [0.29, 0.717) is 6.10 Å². The van der Waals surface area contributed by atoms with E-state index in [0.717, 1.165) is 24.4 Å². The van der Waals surface area contributed by atoms with E-state index in [4.69, 9.17) is 4.74 Å². The van der Waals surface area contributed by atoms with Gasteiger partial charge in [0.1, 0.15) is 0 Å². The van der Waals surface area contributed by atoms with Gasteiger partial charge in [-0.1, -0.05) is 43.9 Å². The first-order chi connectivity index (χ1) is 10.8. The number of hydrogen-bond donors (Lipinski definition) is 0. The molecule has 126 valence electrons. The zero-order valence-electron chi connectivity index (χ0n) is 14.6. The summed E-state index contributed by atoms with van der Waals surface area (Å²) >= 11 is 0. The maximum absolute atomic E-state index is 5.80. The summed E-state index contributed by atoms with van der Waals surface area (Å²) in [7, 11) is 0. The molecular weight excluding hydrogens is 268 g/mol. The second-order valence-corrected chi connectivity index (χ2v) is 7.53. The molecule has 0 amide bonds. The van der Waals surface area contributed by atoms with Crippen molar-refractivity contribution in [2.75, 3.05) is 6.61 Å². The van der Waals surface area contributed by atoms with Crippen molar-refractivity contribution in [1.29, 1.82) is 0 Å². The predicted molar refractivity (Wildman–Crippen MR) is 96.0 cm³/mol. The monoisotopic (exact) mass is 304 g/mol. The second-order valence-electron chi connectivity index (χ2n) is 7.53. The average molecular weight is 305 g/mol. The van der Waals surface area contributed by atoms with Crippen molar-refractivity contribution < 1.29 is 4.74 Å². The zero-order valence-corrected chi connectivity index (χ0v) is 14.6. The van der Waals surface area contributed by atoms with Crippen LogP contribution in [0.4, 0.5) is 0 Å². The summed E-state index contributed by atoms with van der Waals surface area (Å²) < 4.78 is 5.80. The van der Waals surface area contributed by atoms with Gasteiger partial charge in [0.05, 0.1) is 12.7 Å². The molecule has 0 saturated heterocycles. The first kappa shape index (κ1) is 17.8. The molecule has 22 heavy (non-hydrogen) atoms. The molecule has 0 aromatic carbocycles. The van der Waals surface area contributed by atoms with Crippen LogP contribution in [-0.4, -0.2) is 12.7 Å². The maximum Gasteiger partial charge on any atom is 0.0648 e. The van der Waals surface area contributed by atoms with E-state index in [1.165, 1.54) is 70.6 Å². The van der Waals surface area contributed by atoms with Crippen molar-refractivity contribution in [1.82, 2.24) is 0 Å². The number of ether oxygens (including phenoxy) is 1. The third kappa shape index (κ3) is 6.28. The summed E-state index contributed by atoms with van der Waals surface area (Å²) in [6.45, 7) is 6.60. The van der Waals surface area contributed by atoms with Crippen LogP contribution in [0.15, 0.2) is 24.8 Å². The third-order valence-corrected chi connectivity index (χ3v) is 5.90. The normalized spacial score (nSPS) is 33.1. The lowest BCUT2D eigenvalue weighted by atomic mass is 9.76. The van der Waals surface area contributed by atoms with E-state index >= 15 is 0 Å². The number of allylic oxidation sites excluding steroid dienone is 2. The molecule has 0 radical (unpaired) electrons. The van der Waals surface area contributed by atoms with Crippen molar-refractivity contribution in [2.45, 2.75) is 83.7 Å². The molecule has 0 heterocycles. The Kier molecular flexibility index (Phi) is 8.30. The molecule has 1 nitrogen and oxygen atoms in total. The summed E-state index contributed by atoms with van der Waals surface area (Å²) in [6, 6.07) is 0. The predicted octanol–water partition coefficient (Wildman–Crippen LogP) is 6.30. The van der Waals surface area contributed by atoms with Crippen LogP contribution in [0, 0.1) is 17.8 Å². The minimum absolute atomic E-state index is 0.510. The van der Waals surface area contributed by atoms with Crippen LogP contribution in [0.3, 0.4) is 0 Å². The Morgan fingerprint density at radius 1 is 0.864 bits per heavy atom. The molecule has 0 aromatic heterocycles. The Morgan fingerprint density at radius 3 is 1.95 bits per heavy atom.